The van der Waals surface area contributed by atoms with Crippen LogP contribution in [0.1, 0.15) is 194 Å². The first kappa shape index (κ1) is 37.6. The molecular weight excluding hydrogens is 444 g/mol. The Morgan fingerprint density at radius 2 is 0.694 bits per heavy atom. The molecule has 2 N–H and O–H groups in total. The Morgan fingerprint density at radius 1 is 0.444 bits per heavy atom. The molecule has 0 radical (unpaired) electrons. The Morgan fingerprint density at radius 3 is 0.944 bits per heavy atom. The van der Waals surface area contributed by atoms with E-state index in [0.29, 0.717) is 6.61 Å². The van der Waals surface area contributed by atoms with Crippen LogP contribution in [-0.4, -0.2) is 22.8 Å². The smallest absolute Gasteiger partial charge is 0.306 e. The number of rotatable bonds is 28. The molecular formula is C33H68O3. The molecule has 0 aliphatic carbocycles. The first-order valence-electron chi connectivity index (χ1n) is 16.5. The molecule has 1 atom stereocenters. The predicted octanol–water partition coefficient (Wildman–Crippen LogP) is 11.3. The van der Waals surface area contributed by atoms with E-state index in [1.807, 2.05) is 0 Å². The molecule has 1 unspecified atom stereocenters. The quantitative estimate of drug-likeness (QED) is 0.102. The molecule has 3 nitrogen and oxygen atoms in total. The lowest BCUT2D eigenvalue weighted by Crippen LogP contribution is -2.13. The molecule has 0 aromatic carbocycles. The van der Waals surface area contributed by atoms with Crippen molar-refractivity contribution in [1.29, 1.82) is 0 Å². The lowest BCUT2D eigenvalue weighted by molar-refractivity contribution is -0.142. The van der Waals surface area contributed by atoms with Gasteiger partial charge in [0.2, 0.25) is 0 Å². The summed E-state index contributed by atoms with van der Waals surface area (Å²) in [5.41, 5.74) is 0. The Hall–Kier alpha value is -0.570. The second-order valence-corrected chi connectivity index (χ2v) is 11.1. The summed E-state index contributed by atoms with van der Waals surface area (Å²) >= 11 is 0. The van der Waals surface area contributed by atoms with Gasteiger partial charge in [0.1, 0.15) is 0 Å². The fraction of sp³-hybridized carbons (Fsp3) is 0.970. The average Bonchev–Trinajstić information content (AvgIpc) is 2.87. The van der Waals surface area contributed by atoms with Crippen molar-refractivity contribution in [2.24, 2.45) is 5.92 Å². The summed E-state index contributed by atoms with van der Waals surface area (Å²) in [7, 11) is 0. The summed E-state index contributed by atoms with van der Waals surface area (Å²) in [4.78, 5) is 11.3. The first-order chi connectivity index (χ1) is 17.6. The van der Waals surface area contributed by atoms with Crippen LogP contribution in [0.15, 0.2) is 0 Å². The van der Waals surface area contributed by atoms with Crippen LogP contribution in [0.4, 0.5) is 0 Å². The number of hydrogen-bond acceptors (Lipinski definition) is 2. The van der Waals surface area contributed by atoms with Gasteiger partial charge in [-0.05, 0) is 19.3 Å². The van der Waals surface area contributed by atoms with Crippen molar-refractivity contribution in [1.82, 2.24) is 0 Å². The third-order valence-electron chi connectivity index (χ3n) is 7.42. The van der Waals surface area contributed by atoms with E-state index >= 15 is 0 Å². The highest BCUT2D eigenvalue weighted by Gasteiger charge is 2.16. The summed E-state index contributed by atoms with van der Waals surface area (Å²) < 4.78 is 0. The normalized spacial score (nSPS) is 11.8. The standard InChI is InChI=1S/C20H40O2.C13H28O/c1-3-5-7-9-11-12-14-16-18-19(20(21)22)17-15-13-10-8-6-4-2;1-2-3-4-5-6-7-8-9-10-11-12-13-14/h19H,3-18H2,1-2H3,(H,21,22);14H,2-13H2,1H3. The van der Waals surface area contributed by atoms with E-state index in [1.54, 1.807) is 0 Å². The summed E-state index contributed by atoms with van der Waals surface area (Å²) in [6.07, 6.45) is 34.3. The van der Waals surface area contributed by atoms with Crippen molar-refractivity contribution in [3.63, 3.8) is 0 Å². The molecule has 218 valence electrons. The molecule has 0 aromatic rings. The topological polar surface area (TPSA) is 57.5 Å². The second-order valence-electron chi connectivity index (χ2n) is 11.1. The number of aliphatic carboxylic acids is 1. The van der Waals surface area contributed by atoms with E-state index in [4.69, 9.17) is 5.11 Å². The van der Waals surface area contributed by atoms with Crippen LogP contribution < -0.4 is 0 Å². The van der Waals surface area contributed by atoms with Gasteiger partial charge in [-0.2, -0.15) is 0 Å². The highest BCUT2D eigenvalue weighted by Crippen LogP contribution is 2.19. The molecule has 0 saturated heterocycles. The van der Waals surface area contributed by atoms with Crippen LogP contribution >= 0.6 is 0 Å². The van der Waals surface area contributed by atoms with Gasteiger partial charge in [0.05, 0.1) is 5.92 Å². The van der Waals surface area contributed by atoms with Crippen LogP contribution in [0.25, 0.3) is 0 Å². The number of carboxylic acids is 1. The number of carboxylic acid groups (broad SMARTS) is 1. The zero-order valence-corrected chi connectivity index (χ0v) is 25.2. The van der Waals surface area contributed by atoms with Crippen molar-refractivity contribution in [2.75, 3.05) is 6.61 Å². The molecule has 0 aromatic heterocycles. The highest BCUT2D eigenvalue weighted by molar-refractivity contribution is 5.69. The molecule has 0 amide bonds. The summed E-state index contributed by atoms with van der Waals surface area (Å²) in [5, 5.41) is 17.9. The minimum Gasteiger partial charge on any atom is -0.481 e. The van der Waals surface area contributed by atoms with E-state index in [-0.39, 0.29) is 5.92 Å². The third-order valence-corrected chi connectivity index (χ3v) is 7.42. The Kier molecular flexibility index (Phi) is 35.9. The van der Waals surface area contributed by atoms with Gasteiger partial charge < -0.3 is 10.2 Å². The maximum Gasteiger partial charge on any atom is 0.306 e. The van der Waals surface area contributed by atoms with Crippen molar-refractivity contribution >= 4 is 5.97 Å². The largest absolute Gasteiger partial charge is 0.481 e. The summed E-state index contributed by atoms with van der Waals surface area (Å²) in [6, 6.07) is 0. The maximum atomic E-state index is 11.3. The third kappa shape index (κ3) is 33.4. The second kappa shape index (κ2) is 34.4. The number of unbranched alkanes of at least 4 members (excludes halogenated alkanes) is 22. The minimum absolute atomic E-state index is 0.0914. The zero-order valence-electron chi connectivity index (χ0n) is 25.2. The Labute approximate surface area is 227 Å². The molecule has 0 bridgehead atoms. The van der Waals surface area contributed by atoms with E-state index in [1.165, 1.54) is 141 Å². The predicted molar refractivity (Wildman–Crippen MR) is 160 cm³/mol. The van der Waals surface area contributed by atoms with Crippen LogP contribution in [0, 0.1) is 5.92 Å². The molecule has 0 heterocycles. The van der Waals surface area contributed by atoms with Crippen LogP contribution in [0.3, 0.4) is 0 Å². The van der Waals surface area contributed by atoms with Gasteiger partial charge >= 0.3 is 5.97 Å². The fourth-order valence-electron chi connectivity index (χ4n) is 4.86. The minimum atomic E-state index is -0.573. The SMILES string of the molecule is CCCCCCCCCCC(CCCCCCCC)C(=O)O.CCCCCCCCCCCCCO. The van der Waals surface area contributed by atoms with Gasteiger partial charge in [0, 0.05) is 6.61 Å². The molecule has 0 aliphatic heterocycles. The van der Waals surface area contributed by atoms with Gasteiger partial charge in [-0.1, -0.05) is 175 Å². The van der Waals surface area contributed by atoms with Crippen LogP contribution in [0.2, 0.25) is 0 Å². The van der Waals surface area contributed by atoms with E-state index < -0.39 is 5.97 Å². The molecule has 3 heteroatoms. The molecule has 0 fully saturated rings. The maximum absolute atomic E-state index is 11.3. The number of aliphatic hydroxyl groups is 1. The Balaban J connectivity index is 0. The van der Waals surface area contributed by atoms with Crippen molar-refractivity contribution in [3.05, 3.63) is 0 Å². The van der Waals surface area contributed by atoms with Gasteiger partial charge in [0.15, 0.2) is 0 Å². The summed E-state index contributed by atoms with van der Waals surface area (Å²) in [5.74, 6) is -0.664. The van der Waals surface area contributed by atoms with Crippen molar-refractivity contribution < 1.29 is 15.0 Å². The Bertz CT molecular complexity index is 384. The molecule has 0 spiro atoms. The van der Waals surface area contributed by atoms with Crippen LogP contribution in [-0.2, 0) is 4.79 Å². The molecule has 36 heavy (non-hydrogen) atoms. The molecule has 0 saturated carbocycles. The molecule has 0 aliphatic rings. The number of hydrogen-bond donors (Lipinski definition) is 2. The van der Waals surface area contributed by atoms with Gasteiger partial charge in [-0.3, -0.25) is 4.79 Å². The van der Waals surface area contributed by atoms with Gasteiger partial charge in [-0.15, -0.1) is 0 Å². The summed E-state index contributed by atoms with van der Waals surface area (Å²) in [6.45, 7) is 7.11. The highest BCUT2D eigenvalue weighted by atomic mass is 16.4. The van der Waals surface area contributed by atoms with Crippen molar-refractivity contribution in [3.8, 4) is 0 Å². The average molecular weight is 513 g/mol. The van der Waals surface area contributed by atoms with E-state index in [0.717, 1.165) is 32.1 Å². The first-order valence-corrected chi connectivity index (χ1v) is 16.5. The zero-order chi connectivity index (χ0) is 27.0. The van der Waals surface area contributed by atoms with Gasteiger partial charge in [0.25, 0.3) is 0 Å². The number of carbonyl (C=O) groups is 1. The van der Waals surface area contributed by atoms with E-state index in [9.17, 15) is 9.90 Å². The lowest BCUT2D eigenvalue weighted by atomic mass is 9.94. The molecule has 0 rings (SSSR count). The van der Waals surface area contributed by atoms with Crippen LogP contribution in [0.5, 0.6) is 0 Å². The number of aliphatic hydroxyl groups excluding tert-OH is 1. The lowest BCUT2D eigenvalue weighted by Gasteiger charge is -2.12. The van der Waals surface area contributed by atoms with Gasteiger partial charge in [-0.25, -0.2) is 0 Å². The van der Waals surface area contributed by atoms with Crippen molar-refractivity contribution in [2.45, 2.75) is 194 Å². The monoisotopic (exact) mass is 513 g/mol. The fourth-order valence-corrected chi connectivity index (χ4v) is 4.86. The van der Waals surface area contributed by atoms with E-state index in [2.05, 4.69) is 20.8 Å².